The van der Waals surface area contributed by atoms with E-state index in [-0.39, 0.29) is 11.6 Å². The van der Waals surface area contributed by atoms with E-state index in [4.69, 9.17) is 5.11 Å². The first-order chi connectivity index (χ1) is 9.11. The Hall–Kier alpha value is -1.95. The van der Waals surface area contributed by atoms with E-state index in [1.807, 2.05) is 0 Å². The Labute approximate surface area is 111 Å². The van der Waals surface area contributed by atoms with Crippen molar-refractivity contribution in [2.45, 2.75) is 6.92 Å². The van der Waals surface area contributed by atoms with Crippen LogP contribution in [0, 0.1) is 0 Å². The number of aromatic nitrogens is 1. The van der Waals surface area contributed by atoms with Crippen molar-refractivity contribution in [1.29, 1.82) is 0 Å². The molecule has 2 heterocycles. The van der Waals surface area contributed by atoms with E-state index in [2.05, 4.69) is 16.8 Å². The van der Waals surface area contributed by atoms with Crippen molar-refractivity contribution in [1.82, 2.24) is 14.8 Å². The minimum Gasteiger partial charge on any atom is -0.477 e. The monoisotopic (exact) mass is 263 g/mol. The third-order valence-corrected chi connectivity index (χ3v) is 3.34. The van der Waals surface area contributed by atoms with Gasteiger partial charge in [-0.15, -0.1) is 0 Å². The molecule has 1 fully saturated rings. The quantitative estimate of drug-likeness (QED) is 0.862. The van der Waals surface area contributed by atoms with E-state index in [1.165, 1.54) is 18.3 Å². The lowest BCUT2D eigenvalue weighted by Crippen LogP contribution is -2.48. The maximum atomic E-state index is 12.2. The van der Waals surface area contributed by atoms with Crippen LogP contribution < -0.4 is 0 Å². The summed E-state index contributed by atoms with van der Waals surface area (Å²) < 4.78 is 0. The Balaban J connectivity index is 2.02. The van der Waals surface area contributed by atoms with Crippen molar-refractivity contribution in [2.75, 3.05) is 32.7 Å². The molecule has 0 radical (unpaired) electrons. The van der Waals surface area contributed by atoms with E-state index >= 15 is 0 Å². The predicted octanol–water partition coefficient (Wildman–Crippen LogP) is 0.557. The summed E-state index contributed by atoms with van der Waals surface area (Å²) in [5.74, 6) is -1.17. The molecular formula is C13H17N3O3. The number of carboxylic acids is 1. The first kappa shape index (κ1) is 13.5. The number of amides is 1. The van der Waals surface area contributed by atoms with E-state index in [1.54, 1.807) is 4.90 Å². The van der Waals surface area contributed by atoms with E-state index in [0.29, 0.717) is 18.7 Å². The summed E-state index contributed by atoms with van der Waals surface area (Å²) in [4.78, 5) is 30.7. The second kappa shape index (κ2) is 5.79. The van der Waals surface area contributed by atoms with Crippen LogP contribution in [0.5, 0.6) is 0 Å². The van der Waals surface area contributed by atoms with Crippen molar-refractivity contribution in [3.8, 4) is 0 Å². The van der Waals surface area contributed by atoms with Gasteiger partial charge in [0.15, 0.2) is 0 Å². The highest BCUT2D eigenvalue weighted by molar-refractivity contribution is 5.95. The van der Waals surface area contributed by atoms with Crippen LogP contribution in [0.2, 0.25) is 0 Å². The van der Waals surface area contributed by atoms with Gasteiger partial charge in [0.25, 0.3) is 5.91 Å². The van der Waals surface area contributed by atoms with Crippen LogP contribution in [0.4, 0.5) is 0 Å². The van der Waals surface area contributed by atoms with Crippen molar-refractivity contribution < 1.29 is 14.7 Å². The molecule has 1 aromatic heterocycles. The number of carbonyl (C=O) groups is 2. The summed E-state index contributed by atoms with van der Waals surface area (Å²) in [6, 6.07) is 2.88. The molecule has 1 N–H and O–H groups in total. The van der Waals surface area contributed by atoms with Crippen molar-refractivity contribution in [2.24, 2.45) is 0 Å². The molecule has 0 aliphatic carbocycles. The number of hydrogen-bond acceptors (Lipinski definition) is 4. The minimum atomic E-state index is -1.09. The van der Waals surface area contributed by atoms with Crippen LogP contribution in [0.25, 0.3) is 0 Å². The zero-order valence-corrected chi connectivity index (χ0v) is 10.9. The molecule has 1 aliphatic rings. The summed E-state index contributed by atoms with van der Waals surface area (Å²) >= 11 is 0. The average molecular weight is 263 g/mol. The number of hydrogen-bond donors (Lipinski definition) is 1. The maximum Gasteiger partial charge on any atom is 0.354 e. The normalized spacial score (nSPS) is 16.4. The fraction of sp³-hybridized carbons (Fsp3) is 0.462. The lowest BCUT2D eigenvalue weighted by atomic mass is 10.2. The van der Waals surface area contributed by atoms with Crippen molar-refractivity contribution in [3.05, 3.63) is 29.6 Å². The van der Waals surface area contributed by atoms with Crippen molar-refractivity contribution in [3.63, 3.8) is 0 Å². The van der Waals surface area contributed by atoms with Gasteiger partial charge in [-0.3, -0.25) is 4.79 Å². The lowest BCUT2D eigenvalue weighted by Gasteiger charge is -2.34. The number of piperazine rings is 1. The second-order valence-electron chi connectivity index (χ2n) is 4.46. The number of carboxylic acid groups (broad SMARTS) is 1. The first-order valence-electron chi connectivity index (χ1n) is 6.32. The molecule has 19 heavy (non-hydrogen) atoms. The molecule has 102 valence electrons. The molecule has 6 nitrogen and oxygen atoms in total. The van der Waals surface area contributed by atoms with E-state index in [0.717, 1.165) is 19.6 Å². The second-order valence-corrected chi connectivity index (χ2v) is 4.46. The average Bonchev–Trinajstić information content (AvgIpc) is 2.46. The SMILES string of the molecule is CCN1CCN(C(=O)c2ccc(C(=O)O)nc2)CC1. The van der Waals surface area contributed by atoms with Gasteiger partial charge in [-0.05, 0) is 18.7 Å². The summed E-state index contributed by atoms with van der Waals surface area (Å²) in [6.45, 7) is 6.26. The highest BCUT2D eigenvalue weighted by atomic mass is 16.4. The topological polar surface area (TPSA) is 73.7 Å². The van der Waals surface area contributed by atoms with Crippen LogP contribution in [0.15, 0.2) is 18.3 Å². The maximum absolute atomic E-state index is 12.2. The molecule has 2 rings (SSSR count). The first-order valence-corrected chi connectivity index (χ1v) is 6.32. The van der Waals surface area contributed by atoms with Gasteiger partial charge >= 0.3 is 5.97 Å². The van der Waals surface area contributed by atoms with Gasteiger partial charge in [0, 0.05) is 32.4 Å². The molecular weight excluding hydrogens is 246 g/mol. The third kappa shape index (κ3) is 3.08. The highest BCUT2D eigenvalue weighted by Gasteiger charge is 2.21. The molecule has 0 aromatic carbocycles. The third-order valence-electron chi connectivity index (χ3n) is 3.34. The molecule has 0 atom stereocenters. The smallest absolute Gasteiger partial charge is 0.354 e. The van der Waals surface area contributed by atoms with Gasteiger partial charge in [0.2, 0.25) is 0 Å². The predicted molar refractivity (Wildman–Crippen MR) is 69.2 cm³/mol. The van der Waals surface area contributed by atoms with Crippen LogP contribution in [0.1, 0.15) is 27.8 Å². The number of carbonyl (C=O) groups excluding carboxylic acids is 1. The number of aromatic carboxylic acids is 1. The van der Waals surface area contributed by atoms with Gasteiger partial charge in [0.05, 0.1) is 5.56 Å². The molecule has 1 amide bonds. The molecule has 1 aliphatic heterocycles. The summed E-state index contributed by atoms with van der Waals surface area (Å²) in [5, 5.41) is 8.76. The Morgan fingerprint density at radius 3 is 2.42 bits per heavy atom. The number of pyridine rings is 1. The molecule has 0 bridgehead atoms. The van der Waals surface area contributed by atoms with Crippen LogP contribution in [-0.4, -0.2) is 64.5 Å². The zero-order valence-electron chi connectivity index (χ0n) is 10.9. The molecule has 1 saturated heterocycles. The lowest BCUT2D eigenvalue weighted by molar-refractivity contribution is 0.0639. The Morgan fingerprint density at radius 2 is 1.95 bits per heavy atom. The standard InChI is InChI=1S/C13H17N3O3/c1-2-15-5-7-16(8-6-15)12(17)10-3-4-11(13(18)19)14-9-10/h3-4,9H,2,5-8H2,1H3,(H,18,19). The van der Waals surface area contributed by atoms with E-state index in [9.17, 15) is 9.59 Å². The fourth-order valence-electron chi connectivity index (χ4n) is 2.10. The van der Waals surface area contributed by atoms with Gasteiger partial charge in [-0.25, -0.2) is 9.78 Å². The number of rotatable bonds is 3. The van der Waals surface area contributed by atoms with Gasteiger partial charge < -0.3 is 14.9 Å². The van der Waals surface area contributed by atoms with Gasteiger partial charge in [-0.2, -0.15) is 0 Å². The molecule has 6 heteroatoms. The Bertz CT molecular complexity index is 465. The summed E-state index contributed by atoms with van der Waals surface area (Å²) in [7, 11) is 0. The van der Waals surface area contributed by atoms with Crippen molar-refractivity contribution >= 4 is 11.9 Å². The summed E-state index contributed by atoms with van der Waals surface area (Å²) in [6.07, 6.45) is 1.33. The zero-order chi connectivity index (χ0) is 13.8. The van der Waals surface area contributed by atoms with Crippen LogP contribution in [0.3, 0.4) is 0 Å². The summed E-state index contributed by atoms with van der Waals surface area (Å²) in [5.41, 5.74) is 0.391. The highest BCUT2D eigenvalue weighted by Crippen LogP contribution is 2.08. The van der Waals surface area contributed by atoms with Gasteiger partial charge in [-0.1, -0.05) is 6.92 Å². The molecule has 1 aromatic rings. The number of nitrogens with zero attached hydrogens (tertiary/aromatic N) is 3. The van der Waals surface area contributed by atoms with Crippen LogP contribution in [-0.2, 0) is 0 Å². The Kier molecular flexibility index (Phi) is 4.11. The minimum absolute atomic E-state index is 0.0487. The molecule has 0 saturated carbocycles. The molecule has 0 unspecified atom stereocenters. The van der Waals surface area contributed by atoms with Gasteiger partial charge in [0.1, 0.15) is 5.69 Å². The largest absolute Gasteiger partial charge is 0.477 e. The Morgan fingerprint density at radius 1 is 1.26 bits per heavy atom. The van der Waals surface area contributed by atoms with E-state index < -0.39 is 5.97 Å². The number of likely N-dealkylation sites (N-methyl/N-ethyl adjacent to an activating group) is 1. The van der Waals surface area contributed by atoms with Crippen LogP contribution >= 0.6 is 0 Å². The molecule has 0 spiro atoms. The fourth-order valence-corrected chi connectivity index (χ4v) is 2.10.